The maximum Gasteiger partial charge on any atom is 0.319 e. The lowest BCUT2D eigenvalue weighted by molar-refractivity contribution is -0.119. The molecule has 9 heteroatoms. The van der Waals surface area contributed by atoms with Gasteiger partial charge in [0.1, 0.15) is 16.8 Å². The number of para-hydroxylation sites is 1. The van der Waals surface area contributed by atoms with Crippen molar-refractivity contribution >= 4 is 34.1 Å². The fraction of sp³-hybridized carbons (Fsp3) is 0.333. The van der Waals surface area contributed by atoms with E-state index in [1.165, 1.54) is 11.3 Å². The minimum atomic E-state index is -0.733. The summed E-state index contributed by atoms with van der Waals surface area (Å²) in [4.78, 5) is 25.8. The number of amides is 3. The van der Waals surface area contributed by atoms with Crippen LogP contribution in [0.1, 0.15) is 31.4 Å². The van der Waals surface area contributed by atoms with Gasteiger partial charge in [0.2, 0.25) is 11.0 Å². The van der Waals surface area contributed by atoms with Crippen molar-refractivity contribution in [2.24, 2.45) is 5.92 Å². The molecule has 3 N–H and O–H groups in total. The summed E-state index contributed by atoms with van der Waals surface area (Å²) in [6, 6.07) is 12.1. The number of aromatic nitrogens is 2. The molecule has 0 bridgehead atoms. The molecular weight excluding hydrogens is 438 g/mol. The largest absolute Gasteiger partial charge is 0.497 e. The Morgan fingerprint density at radius 3 is 2.42 bits per heavy atom. The van der Waals surface area contributed by atoms with E-state index in [0.717, 1.165) is 22.4 Å². The molecule has 0 fully saturated rings. The van der Waals surface area contributed by atoms with E-state index in [4.69, 9.17) is 4.74 Å². The van der Waals surface area contributed by atoms with Crippen LogP contribution in [-0.2, 0) is 4.79 Å². The SMILES string of the molecule is CCC(C)C(NC(=O)Nc1c(C)cccc1C)C(=O)Nc1nnc(-c2cccc(OC)c2)s1. The zero-order valence-corrected chi connectivity index (χ0v) is 20.2. The zero-order valence-electron chi connectivity index (χ0n) is 19.4. The third-order valence-electron chi connectivity index (χ3n) is 5.47. The first-order valence-electron chi connectivity index (χ1n) is 10.7. The Kier molecular flexibility index (Phi) is 8.00. The maximum atomic E-state index is 13.0. The molecule has 2 aromatic carbocycles. The second-order valence-corrected chi connectivity index (χ2v) is 8.84. The van der Waals surface area contributed by atoms with E-state index < -0.39 is 12.1 Å². The molecular formula is C24H29N5O3S. The number of nitrogens with one attached hydrogen (secondary N) is 3. The van der Waals surface area contributed by atoms with Gasteiger partial charge in [0.25, 0.3) is 0 Å². The number of methoxy groups -OCH3 is 1. The van der Waals surface area contributed by atoms with Crippen LogP contribution in [-0.4, -0.2) is 35.3 Å². The van der Waals surface area contributed by atoms with Gasteiger partial charge in [-0.25, -0.2) is 4.79 Å². The highest BCUT2D eigenvalue weighted by molar-refractivity contribution is 7.18. The minimum absolute atomic E-state index is 0.0838. The highest BCUT2D eigenvalue weighted by Crippen LogP contribution is 2.29. The molecule has 1 aromatic heterocycles. The van der Waals surface area contributed by atoms with Crippen molar-refractivity contribution in [1.82, 2.24) is 15.5 Å². The number of urea groups is 1. The third kappa shape index (κ3) is 6.07. The van der Waals surface area contributed by atoms with Crippen molar-refractivity contribution in [2.75, 3.05) is 17.7 Å². The van der Waals surface area contributed by atoms with Gasteiger partial charge >= 0.3 is 6.03 Å². The number of benzene rings is 2. The number of nitrogens with zero attached hydrogens (tertiary/aromatic N) is 2. The van der Waals surface area contributed by atoms with E-state index in [2.05, 4.69) is 26.1 Å². The lowest BCUT2D eigenvalue weighted by Crippen LogP contribution is -2.49. The number of hydrogen-bond acceptors (Lipinski definition) is 6. The summed E-state index contributed by atoms with van der Waals surface area (Å²) >= 11 is 1.26. The van der Waals surface area contributed by atoms with E-state index in [9.17, 15) is 9.59 Å². The molecule has 2 unspecified atom stereocenters. The van der Waals surface area contributed by atoms with Crippen molar-refractivity contribution in [3.63, 3.8) is 0 Å². The Labute approximate surface area is 197 Å². The van der Waals surface area contributed by atoms with Gasteiger partial charge in [-0.1, -0.05) is 61.9 Å². The predicted octanol–water partition coefficient (Wildman–Crippen LogP) is 5.01. The Bertz CT molecular complexity index is 1110. The second-order valence-electron chi connectivity index (χ2n) is 7.86. The number of carbonyl (C=O) groups excluding carboxylic acids is 2. The number of rotatable bonds is 8. The molecule has 8 nitrogen and oxygen atoms in total. The first-order valence-corrected chi connectivity index (χ1v) is 11.6. The molecule has 174 valence electrons. The fourth-order valence-electron chi connectivity index (χ4n) is 3.33. The first kappa shape index (κ1) is 24.2. The lowest BCUT2D eigenvalue weighted by Gasteiger charge is -2.23. The van der Waals surface area contributed by atoms with Gasteiger partial charge < -0.3 is 15.4 Å². The summed E-state index contributed by atoms with van der Waals surface area (Å²) in [6.45, 7) is 7.75. The van der Waals surface area contributed by atoms with Crippen LogP contribution in [0.4, 0.5) is 15.6 Å². The third-order valence-corrected chi connectivity index (χ3v) is 6.36. The molecule has 0 saturated carbocycles. The molecule has 0 aliphatic carbocycles. The Hall–Kier alpha value is -3.46. The molecule has 3 aromatic rings. The van der Waals surface area contributed by atoms with E-state index in [1.807, 2.05) is 70.2 Å². The van der Waals surface area contributed by atoms with Gasteiger partial charge in [-0.05, 0) is 43.0 Å². The zero-order chi connectivity index (χ0) is 24.0. The predicted molar refractivity (Wildman–Crippen MR) is 132 cm³/mol. The lowest BCUT2D eigenvalue weighted by atomic mass is 9.98. The number of anilines is 2. The van der Waals surface area contributed by atoms with E-state index in [0.29, 0.717) is 22.3 Å². The quantitative estimate of drug-likeness (QED) is 0.432. The smallest absolute Gasteiger partial charge is 0.319 e. The molecule has 0 aliphatic rings. The molecule has 0 radical (unpaired) electrons. The Balaban J connectivity index is 1.71. The molecule has 0 aliphatic heterocycles. The molecule has 0 spiro atoms. The molecule has 0 saturated heterocycles. The average molecular weight is 468 g/mol. The maximum absolute atomic E-state index is 13.0. The van der Waals surface area contributed by atoms with E-state index in [1.54, 1.807) is 7.11 Å². The normalized spacial score (nSPS) is 12.5. The molecule has 1 heterocycles. The highest BCUT2D eigenvalue weighted by Gasteiger charge is 2.27. The first-order chi connectivity index (χ1) is 15.8. The van der Waals surface area contributed by atoms with Crippen molar-refractivity contribution in [1.29, 1.82) is 0 Å². The van der Waals surface area contributed by atoms with E-state index in [-0.39, 0.29) is 11.8 Å². The molecule has 3 rings (SSSR count). The summed E-state index contributed by atoms with van der Waals surface area (Å²) in [7, 11) is 1.60. The topological polar surface area (TPSA) is 105 Å². The van der Waals surface area contributed by atoms with Crippen LogP contribution in [0, 0.1) is 19.8 Å². The van der Waals surface area contributed by atoms with Crippen LogP contribution < -0.4 is 20.7 Å². The summed E-state index contributed by atoms with van der Waals surface area (Å²) < 4.78 is 5.25. The van der Waals surface area contributed by atoms with Crippen LogP contribution in [0.5, 0.6) is 5.75 Å². The number of aryl methyl sites for hydroxylation is 2. The molecule has 3 amide bonds. The van der Waals surface area contributed by atoms with Crippen molar-refractivity contribution in [2.45, 2.75) is 40.2 Å². The summed E-state index contributed by atoms with van der Waals surface area (Å²) in [6.07, 6.45) is 0.715. The second kappa shape index (κ2) is 10.9. The van der Waals surface area contributed by atoms with Gasteiger partial charge in [0.15, 0.2) is 0 Å². The van der Waals surface area contributed by atoms with Crippen molar-refractivity contribution < 1.29 is 14.3 Å². The van der Waals surface area contributed by atoms with Gasteiger partial charge in [-0.3, -0.25) is 10.1 Å². The number of ether oxygens (including phenoxy) is 1. The average Bonchev–Trinajstić information content (AvgIpc) is 3.28. The van der Waals surface area contributed by atoms with Crippen LogP contribution in [0.3, 0.4) is 0 Å². The minimum Gasteiger partial charge on any atom is -0.497 e. The van der Waals surface area contributed by atoms with Gasteiger partial charge in [-0.15, -0.1) is 10.2 Å². The van der Waals surface area contributed by atoms with Crippen molar-refractivity contribution in [3.05, 3.63) is 53.6 Å². The van der Waals surface area contributed by atoms with Gasteiger partial charge in [0, 0.05) is 11.3 Å². The van der Waals surface area contributed by atoms with Gasteiger partial charge in [0.05, 0.1) is 7.11 Å². The number of carbonyl (C=O) groups is 2. The monoisotopic (exact) mass is 467 g/mol. The van der Waals surface area contributed by atoms with Gasteiger partial charge in [-0.2, -0.15) is 0 Å². The Morgan fingerprint density at radius 2 is 1.76 bits per heavy atom. The van der Waals surface area contributed by atoms with E-state index >= 15 is 0 Å². The summed E-state index contributed by atoms with van der Waals surface area (Å²) in [5, 5.41) is 17.8. The number of hydrogen-bond donors (Lipinski definition) is 3. The Morgan fingerprint density at radius 1 is 1.06 bits per heavy atom. The highest BCUT2D eigenvalue weighted by atomic mass is 32.1. The summed E-state index contributed by atoms with van der Waals surface area (Å²) in [5.74, 6) is 0.290. The fourth-order valence-corrected chi connectivity index (χ4v) is 4.08. The van der Waals surface area contributed by atoms with Crippen LogP contribution in [0.2, 0.25) is 0 Å². The van der Waals surface area contributed by atoms with Crippen LogP contribution in [0.25, 0.3) is 10.6 Å². The summed E-state index contributed by atoms with van der Waals surface area (Å²) in [5.41, 5.74) is 3.49. The van der Waals surface area contributed by atoms with Crippen molar-refractivity contribution in [3.8, 4) is 16.3 Å². The standard InChI is InChI=1S/C24H29N5O3S/c1-6-14(2)20(26-23(31)25-19-15(3)9-7-10-16(19)4)21(30)27-24-29-28-22(33-24)17-11-8-12-18(13-17)32-5/h7-14,20H,6H2,1-5H3,(H2,25,26,31)(H,27,29,30). The molecule has 2 atom stereocenters. The van der Waals surface area contributed by atoms with Crippen LogP contribution >= 0.6 is 11.3 Å². The molecule has 33 heavy (non-hydrogen) atoms. The van der Waals surface area contributed by atoms with Crippen LogP contribution in [0.15, 0.2) is 42.5 Å².